The Labute approximate surface area is 180 Å². The first-order valence-electron chi connectivity index (χ1n) is 11.2. The standard InChI is InChI=1S/C26H32ClNO/c1-25-12-6-8-20(25)19-16-18(15-17-7-4-5-9-22(17)27)24-26(2,21(19)10-13-25)14-11-23(29)28(24)3/h4-5,7,9,11,14-15,19-21,24H,6,8,10,12-13,16H2,1-3H3/t19-,20-,21+,24?,25-,26+/m0/s1. The molecule has 4 aliphatic rings. The smallest absolute Gasteiger partial charge is 0.246 e. The summed E-state index contributed by atoms with van der Waals surface area (Å²) >= 11 is 6.53. The number of hydrogen-bond acceptors (Lipinski definition) is 1. The summed E-state index contributed by atoms with van der Waals surface area (Å²) in [6.45, 7) is 4.95. The lowest BCUT2D eigenvalue weighted by Crippen LogP contribution is -2.60. The molecular formula is C26H32ClNO. The highest BCUT2D eigenvalue weighted by Crippen LogP contribution is 2.64. The molecule has 0 saturated heterocycles. The predicted molar refractivity (Wildman–Crippen MR) is 120 cm³/mol. The second kappa shape index (κ2) is 6.74. The van der Waals surface area contributed by atoms with Crippen molar-refractivity contribution in [3.8, 4) is 0 Å². The minimum absolute atomic E-state index is 0.00257. The van der Waals surface area contributed by atoms with E-state index in [0.29, 0.717) is 17.3 Å². The maximum atomic E-state index is 12.6. The minimum Gasteiger partial charge on any atom is -0.335 e. The normalized spacial score (nSPS) is 42.6. The lowest BCUT2D eigenvalue weighted by atomic mass is 9.47. The van der Waals surface area contributed by atoms with Gasteiger partial charge in [0.15, 0.2) is 0 Å². The Morgan fingerprint density at radius 3 is 2.72 bits per heavy atom. The van der Waals surface area contributed by atoms with Crippen molar-refractivity contribution in [1.29, 1.82) is 0 Å². The lowest BCUT2D eigenvalue weighted by molar-refractivity contribution is -0.133. The van der Waals surface area contributed by atoms with E-state index < -0.39 is 0 Å². The van der Waals surface area contributed by atoms with Gasteiger partial charge in [0.25, 0.3) is 0 Å². The fourth-order valence-electron chi connectivity index (χ4n) is 7.63. The van der Waals surface area contributed by atoms with Gasteiger partial charge in [-0.1, -0.05) is 62.2 Å². The van der Waals surface area contributed by atoms with Crippen molar-refractivity contribution >= 4 is 23.6 Å². The van der Waals surface area contributed by atoms with Crippen molar-refractivity contribution in [2.45, 2.75) is 58.4 Å². The van der Waals surface area contributed by atoms with E-state index in [-0.39, 0.29) is 17.4 Å². The molecule has 3 heteroatoms. The van der Waals surface area contributed by atoms with Crippen molar-refractivity contribution < 1.29 is 4.79 Å². The summed E-state index contributed by atoms with van der Waals surface area (Å²) in [7, 11) is 1.98. The van der Waals surface area contributed by atoms with Crippen LogP contribution >= 0.6 is 11.6 Å². The fraction of sp³-hybridized carbons (Fsp3) is 0.577. The number of carbonyl (C=O) groups is 1. The van der Waals surface area contributed by atoms with E-state index in [4.69, 9.17) is 11.6 Å². The summed E-state index contributed by atoms with van der Waals surface area (Å²) < 4.78 is 0. The summed E-state index contributed by atoms with van der Waals surface area (Å²) in [5.74, 6) is 2.29. The number of benzene rings is 1. The molecule has 29 heavy (non-hydrogen) atoms. The molecule has 154 valence electrons. The molecule has 0 radical (unpaired) electrons. The highest BCUT2D eigenvalue weighted by molar-refractivity contribution is 6.32. The van der Waals surface area contributed by atoms with Crippen molar-refractivity contribution in [2.24, 2.45) is 28.6 Å². The molecule has 1 aliphatic heterocycles. The number of nitrogens with zero attached hydrogens (tertiary/aromatic N) is 1. The van der Waals surface area contributed by atoms with Gasteiger partial charge in [0.2, 0.25) is 5.91 Å². The van der Waals surface area contributed by atoms with E-state index >= 15 is 0 Å². The van der Waals surface area contributed by atoms with Gasteiger partial charge in [-0.15, -0.1) is 0 Å². The number of amides is 1. The summed E-state index contributed by atoms with van der Waals surface area (Å²) in [4.78, 5) is 14.6. The molecule has 1 heterocycles. The maximum absolute atomic E-state index is 12.6. The Kier molecular flexibility index (Phi) is 4.51. The maximum Gasteiger partial charge on any atom is 0.246 e. The first kappa shape index (κ1) is 19.4. The summed E-state index contributed by atoms with van der Waals surface area (Å²) in [6, 6.07) is 8.22. The first-order valence-corrected chi connectivity index (χ1v) is 11.6. The van der Waals surface area contributed by atoms with Crippen LogP contribution < -0.4 is 0 Å². The average molecular weight is 410 g/mol. The molecule has 2 nitrogen and oxygen atoms in total. The zero-order valence-electron chi connectivity index (χ0n) is 17.8. The number of carbonyl (C=O) groups excluding carboxylic acids is 1. The van der Waals surface area contributed by atoms with Crippen molar-refractivity contribution in [2.75, 3.05) is 7.05 Å². The van der Waals surface area contributed by atoms with Gasteiger partial charge in [-0.3, -0.25) is 4.79 Å². The van der Waals surface area contributed by atoms with Crippen LogP contribution in [-0.4, -0.2) is 23.9 Å². The number of rotatable bonds is 1. The van der Waals surface area contributed by atoms with Gasteiger partial charge in [-0.2, -0.15) is 0 Å². The Hall–Kier alpha value is -1.54. The molecule has 0 aromatic heterocycles. The van der Waals surface area contributed by atoms with Gasteiger partial charge in [0, 0.05) is 17.5 Å². The highest BCUT2D eigenvalue weighted by Gasteiger charge is 2.59. The van der Waals surface area contributed by atoms with Gasteiger partial charge < -0.3 is 4.90 Å². The SMILES string of the molecule is CN1C(=O)C=C[C@@]2(C)C1C(=Cc1ccccc1Cl)C[C@@H]1[C@H]2CC[C@]2(C)CCC[C@@H]12. The van der Waals surface area contributed by atoms with Crippen molar-refractivity contribution in [3.05, 3.63) is 52.6 Å². The third-order valence-corrected chi connectivity index (χ3v) is 9.34. The van der Waals surface area contributed by atoms with E-state index in [9.17, 15) is 4.79 Å². The Morgan fingerprint density at radius 2 is 1.93 bits per heavy atom. The lowest BCUT2D eigenvalue weighted by Gasteiger charge is -2.60. The monoisotopic (exact) mass is 409 g/mol. The van der Waals surface area contributed by atoms with Gasteiger partial charge in [0.05, 0.1) is 6.04 Å². The van der Waals surface area contributed by atoms with E-state index in [0.717, 1.165) is 22.9 Å². The Morgan fingerprint density at radius 1 is 1.14 bits per heavy atom. The molecule has 3 aliphatic carbocycles. The highest BCUT2D eigenvalue weighted by atomic mass is 35.5. The third-order valence-electron chi connectivity index (χ3n) is 9.00. The van der Waals surface area contributed by atoms with Crippen LogP contribution in [0.25, 0.3) is 6.08 Å². The molecule has 1 aromatic carbocycles. The Balaban J connectivity index is 1.64. The van der Waals surface area contributed by atoms with Crippen LogP contribution in [0.1, 0.15) is 57.9 Å². The topological polar surface area (TPSA) is 20.3 Å². The first-order chi connectivity index (χ1) is 13.8. The number of fused-ring (bicyclic) bond motifs is 5. The molecule has 0 bridgehead atoms. The van der Waals surface area contributed by atoms with E-state index in [2.05, 4.69) is 32.1 Å². The molecule has 1 aromatic rings. The predicted octanol–water partition coefficient (Wildman–Crippen LogP) is 6.36. The number of likely N-dealkylation sites (N-methyl/N-ethyl adjacent to an activating group) is 1. The molecule has 0 N–H and O–H groups in total. The quantitative estimate of drug-likeness (QED) is 0.528. The second-order valence-corrected chi connectivity index (χ2v) is 10.9. The van der Waals surface area contributed by atoms with E-state index in [1.807, 2.05) is 36.2 Å². The summed E-state index contributed by atoms with van der Waals surface area (Å²) in [5, 5.41) is 0.790. The van der Waals surface area contributed by atoms with Crippen LogP contribution in [-0.2, 0) is 4.79 Å². The van der Waals surface area contributed by atoms with Crippen LogP contribution in [0.3, 0.4) is 0 Å². The fourth-order valence-corrected chi connectivity index (χ4v) is 7.82. The van der Waals surface area contributed by atoms with Gasteiger partial charge in [-0.05, 0) is 78.6 Å². The zero-order chi connectivity index (χ0) is 20.4. The van der Waals surface area contributed by atoms with Crippen molar-refractivity contribution in [1.82, 2.24) is 4.90 Å². The second-order valence-electron chi connectivity index (χ2n) is 10.5. The molecule has 1 amide bonds. The van der Waals surface area contributed by atoms with Gasteiger partial charge >= 0.3 is 0 Å². The number of halogens is 1. The van der Waals surface area contributed by atoms with Gasteiger partial charge in [-0.25, -0.2) is 0 Å². The summed E-state index contributed by atoms with van der Waals surface area (Å²) in [6.07, 6.45) is 14.3. The molecule has 6 atom stereocenters. The number of hydrogen-bond donors (Lipinski definition) is 0. The summed E-state index contributed by atoms with van der Waals surface area (Å²) in [5.41, 5.74) is 2.98. The molecule has 3 fully saturated rings. The molecule has 1 unspecified atom stereocenters. The molecule has 3 saturated carbocycles. The van der Waals surface area contributed by atoms with Crippen molar-refractivity contribution in [3.63, 3.8) is 0 Å². The van der Waals surface area contributed by atoms with Crippen LogP contribution in [0.5, 0.6) is 0 Å². The largest absolute Gasteiger partial charge is 0.335 e. The van der Waals surface area contributed by atoms with Crippen LogP contribution in [0.2, 0.25) is 5.02 Å². The Bertz CT molecular complexity index is 904. The molecular weight excluding hydrogens is 378 g/mol. The third kappa shape index (κ3) is 2.86. The average Bonchev–Trinajstić information content (AvgIpc) is 3.09. The van der Waals surface area contributed by atoms with Crippen LogP contribution in [0.4, 0.5) is 0 Å². The molecule has 5 rings (SSSR count). The van der Waals surface area contributed by atoms with Gasteiger partial charge in [0.1, 0.15) is 0 Å². The minimum atomic E-state index is 0.00257. The van der Waals surface area contributed by atoms with Crippen LogP contribution in [0, 0.1) is 28.6 Å². The molecule has 0 spiro atoms. The van der Waals surface area contributed by atoms with E-state index in [1.165, 1.54) is 37.7 Å². The van der Waals surface area contributed by atoms with Crippen LogP contribution in [0.15, 0.2) is 42.0 Å². The van der Waals surface area contributed by atoms with E-state index in [1.54, 1.807) is 0 Å². The zero-order valence-corrected chi connectivity index (χ0v) is 18.6.